The highest BCUT2D eigenvalue weighted by molar-refractivity contribution is 4.94. The van der Waals surface area contributed by atoms with Gasteiger partial charge in [-0.25, -0.2) is 0 Å². The van der Waals surface area contributed by atoms with Crippen LogP contribution in [0.15, 0.2) is 0 Å². The van der Waals surface area contributed by atoms with Gasteiger partial charge in [-0.15, -0.1) is 0 Å². The molecule has 6 saturated carbocycles. The second-order valence-corrected chi connectivity index (χ2v) is 20.2. The summed E-state index contributed by atoms with van der Waals surface area (Å²) < 4.78 is 0. The average molecular weight is 625 g/mol. The van der Waals surface area contributed by atoms with Gasteiger partial charge in [-0.05, 0) is 158 Å². The zero-order valence-corrected chi connectivity index (χ0v) is 33.0. The molecule has 0 saturated heterocycles. The summed E-state index contributed by atoms with van der Waals surface area (Å²) in [5.74, 6) is 18.2. The van der Waals surface area contributed by atoms with Crippen LogP contribution in [0.5, 0.6) is 0 Å². The van der Waals surface area contributed by atoms with Crippen molar-refractivity contribution in [3.8, 4) is 0 Å². The lowest BCUT2D eigenvalue weighted by Crippen LogP contribution is -2.41. The second-order valence-electron chi connectivity index (χ2n) is 20.2. The maximum absolute atomic E-state index is 2.45. The molecule has 0 aromatic rings. The molecule has 6 aliphatic carbocycles. The van der Waals surface area contributed by atoms with E-state index in [1.165, 1.54) is 19.3 Å². The van der Waals surface area contributed by atoms with Gasteiger partial charge in [0.1, 0.15) is 0 Å². The minimum Gasteiger partial charge on any atom is -0.0625 e. The Morgan fingerprint density at radius 2 is 0.422 bits per heavy atom. The van der Waals surface area contributed by atoms with Crippen LogP contribution in [-0.2, 0) is 0 Å². The third kappa shape index (κ3) is 9.58. The van der Waals surface area contributed by atoms with Crippen molar-refractivity contribution in [1.82, 2.24) is 0 Å². The molecule has 12 atom stereocenters. The minimum absolute atomic E-state index is 0.898. The molecular formula is C45H84. The molecule has 0 amide bonds. The van der Waals surface area contributed by atoms with Crippen molar-refractivity contribution in [2.24, 2.45) is 107 Å². The Morgan fingerprint density at radius 1 is 0.244 bits per heavy atom. The Kier molecular flexibility index (Phi) is 14.4. The molecule has 0 bridgehead atoms. The van der Waals surface area contributed by atoms with Crippen molar-refractivity contribution < 1.29 is 0 Å². The predicted octanol–water partition coefficient (Wildman–Crippen LogP) is 14.2. The van der Waals surface area contributed by atoms with E-state index in [0.717, 1.165) is 107 Å². The van der Waals surface area contributed by atoms with Crippen molar-refractivity contribution in [1.29, 1.82) is 0 Å². The van der Waals surface area contributed by atoms with Crippen LogP contribution in [-0.4, -0.2) is 0 Å². The molecule has 0 spiro atoms. The van der Waals surface area contributed by atoms with Crippen LogP contribution in [0, 0.1) is 107 Å². The molecule has 0 radical (unpaired) electrons. The van der Waals surface area contributed by atoms with Gasteiger partial charge in [0.05, 0.1) is 0 Å². The van der Waals surface area contributed by atoms with Crippen LogP contribution in [0.4, 0.5) is 0 Å². The van der Waals surface area contributed by atoms with E-state index in [1.54, 1.807) is 77.0 Å². The largest absolute Gasteiger partial charge is 0.0625 e. The first-order chi connectivity index (χ1) is 21.3. The van der Waals surface area contributed by atoms with Crippen molar-refractivity contribution in [3.05, 3.63) is 0 Å². The lowest BCUT2D eigenvalue weighted by Gasteiger charge is -2.50. The number of fused-ring (bicyclic) bond motifs is 3. The molecule has 6 rings (SSSR count). The first kappa shape index (κ1) is 37.8. The SMILES string of the molecule is CC(C)C1CC2CCC2CC1C(C)C.CC(C)C1CC2CCCC2CC1C(C)C.CC(C)C1CC2CCCCC2CC1C(C)C. The van der Waals surface area contributed by atoms with Gasteiger partial charge in [0.25, 0.3) is 0 Å². The van der Waals surface area contributed by atoms with E-state index < -0.39 is 0 Å². The highest BCUT2D eigenvalue weighted by Gasteiger charge is 2.44. The van der Waals surface area contributed by atoms with Gasteiger partial charge in [-0.1, -0.05) is 128 Å². The number of rotatable bonds is 6. The van der Waals surface area contributed by atoms with E-state index in [9.17, 15) is 0 Å². The van der Waals surface area contributed by atoms with Crippen LogP contribution >= 0.6 is 0 Å². The molecule has 0 heteroatoms. The van der Waals surface area contributed by atoms with Gasteiger partial charge in [-0.3, -0.25) is 0 Å². The smallest absolute Gasteiger partial charge is 0.0357 e. The van der Waals surface area contributed by atoms with Crippen LogP contribution in [0.3, 0.4) is 0 Å². The predicted molar refractivity (Wildman–Crippen MR) is 200 cm³/mol. The van der Waals surface area contributed by atoms with Gasteiger partial charge >= 0.3 is 0 Å². The normalized spacial score (nSPS) is 41.2. The summed E-state index contributed by atoms with van der Waals surface area (Å²) in [5.41, 5.74) is 0. The molecule has 0 N–H and O–H groups in total. The molecule has 45 heavy (non-hydrogen) atoms. The van der Waals surface area contributed by atoms with E-state index in [2.05, 4.69) is 83.1 Å². The van der Waals surface area contributed by atoms with Crippen LogP contribution in [0.25, 0.3) is 0 Å². The number of hydrogen-bond donors (Lipinski definition) is 0. The summed E-state index contributed by atoms with van der Waals surface area (Å²) in [4.78, 5) is 0. The first-order valence-corrected chi connectivity index (χ1v) is 21.3. The summed E-state index contributed by atoms with van der Waals surface area (Å²) in [7, 11) is 0. The standard InChI is InChI=1S/C16H30.C15H28.C14H26/c1-11(2)15-9-13-7-5-6-8-14(13)10-16(15)12(3)4;1-10(2)14-8-12-6-5-7-13(12)9-15(14)11(3)4;1-9(2)13-7-11-5-6-12(11)8-14(13)10(3)4/h11-16H,5-10H2,1-4H3;10-15H,5-9H2,1-4H3;9-14H,5-8H2,1-4H3. The molecule has 6 fully saturated rings. The van der Waals surface area contributed by atoms with Gasteiger partial charge in [0.15, 0.2) is 0 Å². The monoisotopic (exact) mass is 625 g/mol. The Labute approximate surface area is 285 Å². The fourth-order valence-electron chi connectivity index (χ4n) is 12.6. The zero-order chi connectivity index (χ0) is 33.0. The molecule has 6 aliphatic rings. The summed E-state index contributed by atoms with van der Waals surface area (Å²) in [6, 6.07) is 0. The Balaban J connectivity index is 0.000000154. The van der Waals surface area contributed by atoms with E-state index in [0.29, 0.717) is 0 Å². The van der Waals surface area contributed by atoms with E-state index >= 15 is 0 Å². The summed E-state index contributed by atoms with van der Waals surface area (Å²) in [6.07, 6.45) is 23.1. The molecule has 12 unspecified atom stereocenters. The van der Waals surface area contributed by atoms with E-state index in [-0.39, 0.29) is 0 Å². The minimum atomic E-state index is 0.898. The summed E-state index contributed by atoms with van der Waals surface area (Å²) >= 11 is 0. The maximum atomic E-state index is 2.45. The molecular weight excluding hydrogens is 540 g/mol. The Bertz CT molecular complexity index is 763. The quantitative estimate of drug-likeness (QED) is 0.276. The molecule has 0 aromatic heterocycles. The molecule has 0 heterocycles. The maximum Gasteiger partial charge on any atom is -0.0357 e. The summed E-state index contributed by atoms with van der Waals surface area (Å²) in [5, 5.41) is 0. The third-order valence-electron chi connectivity index (χ3n) is 15.7. The first-order valence-electron chi connectivity index (χ1n) is 21.3. The van der Waals surface area contributed by atoms with Gasteiger partial charge < -0.3 is 0 Å². The zero-order valence-electron chi connectivity index (χ0n) is 33.0. The fraction of sp³-hybridized carbons (Fsp3) is 1.00. The fourth-order valence-corrected chi connectivity index (χ4v) is 12.6. The molecule has 0 aliphatic heterocycles. The lowest BCUT2D eigenvalue weighted by atomic mass is 9.55. The average Bonchev–Trinajstić information content (AvgIpc) is 3.44. The van der Waals surface area contributed by atoms with Crippen LogP contribution < -0.4 is 0 Å². The highest BCUT2D eigenvalue weighted by Crippen LogP contribution is 2.53. The molecule has 0 aromatic carbocycles. The topological polar surface area (TPSA) is 0 Å². The van der Waals surface area contributed by atoms with Gasteiger partial charge in [0.2, 0.25) is 0 Å². The second kappa shape index (κ2) is 17.1. The highest BCUT2D eigenvalue weighted by atomic mass is 14.5. The Morgan fingerprint density at radius 3 is 0.600 bits per heavy atom. The van der Waals surface area contributed by atoms with Crippen molar-refractivity contribution in [3.63, 3.8) is 0 Å². The molecule has 264 valence electrons. The summed E-state index contributed by atoms with van der Waals surface area (Å²) in [6.45, 7) is 29.3. The van der Waals surface area contributed by atoms with Crippen molar-refractivity contribution >= 4 is 0 Å². The van der Waals surface area contributed by atoms with Gasteiger partial charge in [-0.2, -0.15) is 0 Å². The lowest BCUT2D eigenvalue weighted by molar-refractivity contribution is -0.00168. The van der Waals surface area contributed by atoms with E-state index in [4.69, 9.17) is 0 Å². The third-order valence-corrected chi connectivity index (χ3v) is 15.7. The van der Waals surface area contributed by atoms with Crippen molar-refractivity contribution in [2.45, 2.75) is 179 Å². The number of hydrogen-bond acceptors (Lipinski definition) is 0. The van der Waals surface area contributed by atoms with Crippen molar-refractivity contribution in [2.75, 3.05) is 0 Å². The van der Waals surface area contributed by atoms with E-state index in [1.807, 2.05) is 0 Å². The van der Waals surface area contributed by atoms with Gasteiger partial charge in [0, 0.05) is 0 Å². The Hall–Kier alpha value is 0. The molecule has 0 nitrogen and oxygen atoms in total. The van der Waals surface area contributed by atoms with Crippen LogP contribution in [0.1, 0.15) is 179 Å². The van der Waals surface area contributed by atoms with Crippen LogP contribution in [0.2, 0.25) is 0 Å².